The van der Waals surface area contributed by atoms with Crippen LogP contribution in [0.3, 0.4) is 0 Å². The Morgan fingerprint density at radius 1 is 1.10 bits per heavy atom. The van der Waals surface area contributed by atoms with Crippen molar-refractivity contribution in [1.29, 1.82) is 0 Å². The molecule has 2 atom stereocenters. The van der Waals surface area contributed by atoms with E-state index in [-0.39, 0.29) is 29.9 Å². The molecule has 6 heteroatoms. The second kappa shape index (κ2) is 7.65. The Labute approximate surface area is 171 Å². The predicted molar refractivity (Wildman–Crippen MR) is 110 cm³/mol. The average molecular weight is 396 g/mol. The molecule has 29 heavy (non-hydrogen) atoms. The molecule has 1 aliphatic heterocycles. The van der Waals surface area contributed by atoms with Gasteiger partial charge in [0.1, 0.15) is 11.5 Å². The third-order valence-corrected chi connectivity index (χ3v) is 6.16. The molecule has 0 radical (unpaired) electrons. The van der Waals surface area contributed by atoms with Gasteiger partial charge in [-0.1, -0.05) is 30.5 Å². The van der Waals surface area contributed by atoms with E-state index in [4.69, 9.17) is 9.40 Å². The summed E-state index contributed by atoms with van der Waals surface area (Å²) >= 11 is 0. The zero-order valence-electron chi connectivity index (χ0n) is 17.6. The topological polar surface area (TPSA) is 66.7 Å². The van der Waals surface area contributed by atoms with Crippen molar-refractivity contribution in [3.63, 3.8) is 0 Å². The number of oxazole rings is 1. The molecule has 0 N–H and O–H groups in total. The summed E-state index contributed by atoms with van der Waals surface area (Å²) in [5.74, 6) is 1.17. The molecule has 2 aliphatic rings. The highest BCUT2D eigenvalue weighted by Gasteiger charge is 2.47. The summed E-state index contributed by atoms with van der Waals surface area (Å²) in [6, 6.07) is 7.65. The van der Waals surface area contributed by atoms with Crippen LogP contribution in [0.15, 0.2) is 28.7 Å². The fourth-order valence-electron chi connectivity index (χ4n) is 4.54. The van der Waals surface area contributed by atoms with Crippen molar-refractivity contribution < 1.29 is 14.0 Å². The molecule has 2 heterocycles. The lowest BCUT2D eigenvalue weighted by atomic mass is 9.81. The SMILES string of the molecule is Cc1ccc(-c2nc(CN3C(=O)N(C(C)C)C(=O)C4CCCCC43)c(C)o2)cc1. The van der Waals surface area contributed by atoms with Crippen LogP contribution in [0.2, 0.25) is 0 Å². The molecule has 3 amide bonds. The van der Waals surface area contributed by atoms with E-state index in [1.807, 2.05) is 56.9 Å². The average Bonchev–Trinajstić information content (AvgIpc) is 3.06. The molecule has 2 unspecified atom stereocenters. The van der Waals surface area contributed by atoms with Crippen LogP contribution < -0.4 is 0 Å². The Balaban J connectivity index is 1.64. The van der Waals surface area contributed by atoms with Crippen LogP contribution in [0.1, 0.15) is 56.5 Å². The van der Waals surface area contributed by atoms with Crippen molar-refractivity contribution >= 4 is 11.9 Å². The number of imide groups is 1. The highest BCUT2D eigenvalue weighted by Crippen LogP contribution is 2.36. The van der Waals surface area contributed by atoms with Crippen molar-refractivity contribution in [1.82, 2.24) is 14.8 Å². The molecule has 1 saturated carbocycles. The number of nitrogens with zero attached hydrogens (tertiary/aromatic N) is 3. The van der Waals surface area contributed by atoms with Crippen LogP contribution >= 0.6 is 0 Å². The number of hydrogen-bond donors (Lipinski definition) is 0. The van der Waals surface area contributed by atoms with Crippen LogP contribution in [0, 0.1) is 19.8 Å². The Hall–Kier alpha value is -2.63. The molecular weight excluding hydrogens is 366 g/mol. The van der Waals surface area contributed by atoms with Crippen LogP contribution in [0.4, 0.5) is 4.79 Å². The number of benzene rings is 1. The molecular formula is C23H29N3O3. The maximum atomic E-state index is 13.2. The highest BCUT2D eigenvalue weighted by atomic mass is 16.4. The number of aryl methyl sites for hydroxylation is 2. The second-order valence-corrected chi connectivity index (χ2v) is 8.56. The van der Waals surface area contributed by atoms with Crippen LogP contribution in [0.5, 0.6) is 0 Å². The first-order valence-electron chi connectivity index (χ1n) is 10.5. The zero-order chi connectivity index (χ0) is 20.7. The predicted octanol–water partition coefficient (Wildman–Crippen LogP) is 4.69. The minimum absolute atomic E-state index is 0.0110. The van der Waals surface area contributed by atoms with Gasteiger partial charge in [0.05, 0.1) is 12.5 Å². The summed E-state index contributed by atoms with van der Waals surface area (Å²) in [6.45, 7) is 8.10. The van der Waals surface area contributed by atoms with Gasteiger partial charge in [0.15, 0.2) is 0 Å². The van der Waals surface area contributed by atoms with E-state index in [1.54, 1.807) is 0 Å². The quantitative estimate of drug-likeness (QED) is 0.753. The molecule has 2 aromatic rings. The lowest BCUT2D eigenvalue weighted by Crippen LogP contribution is -2.63. The maximum Gasteiger partial charge on any atom is 0.327 e. The zero-order valence-corrected chi connectivity index (χ0v) is 17.6. The molecule has 0 bridgehead atoms. The monoisotopic (exact) mass is 395 g/mol. The van der Waals surface area contributed by atoms with Gasteiger partial charge in [-0.3, -0.25) is 9.69 Å². The van der Waals surface area contributed by atoms with E-state index in [9.17, 15) is 9.59 Å². The Morgan fingerprint density at radius 3 is 2.48 bits per heavy atom. The molecule has 2 fully saturated rings. The number of amides is 3. The largest absolute Gasteiger partial charge is 0.441 e. The molecule has 4 rings (SSSR count). The fraction of sp³-hybridized carbons (Fsp3) is 0.522. The fourth-order valence-corrected chi connectivity index (χ4v) is 4.54. The van der Waals surface area contributed by atoms with E-state index in [0.717, 1.165) is 36.9 Å². The summed E-state index contributed by atoms with van der Waals surface area (Å²) in [6.07, 6.45) is 3.81. The number of urea groups is 1. The van der Waals surface area contributed by atoms with Gasteiger partial charge in [-0.25, -0.2) is 9.78 Å². The summed E-state index contributed by atoms with van der Waals surface area (Å²) < 4.78 is 5.92. The molecule has 0 spiro atoms. The third kappa shape index (κ3) is 3.56. The van der Waals surface area contributed by atoms with Gasteiger partial charge >= 0.3 is 6.03 Å². The minimum Gasteiger partial charge on any atom is -0.441 e. The van der Waals surface area contributed by atoms with Crippen LogP contribution in [0.25, 0.3) is 11.5 Å². The molecule has 1 aromatic carbocycles. The van der Waals surface area contributed by atoms with Gasteiger partial charge in [-0.2, -0.15) is 0 Å². The van der Waals surface area contributed by atoms with E-state index < -0.39 is 0 Å². The second-order valence-electron chi connectivity index (χ2n) is 8.56. The van der Waals surface area contributed by atoms with E-state index in [2.05, 4.69) is 0 Å². The first-order valence-corrected chi connectivity index (χ1v) is 10.5. The van der Waals surface area contributed by atoms with Gasteiger partial charge in [0.25, 0.3) is 0 Å². The minimum atomic E-state index is -0.201. The van der Waals surface area contributed by atoms with Gasteiger partial charge in [0.2, 0.25) is 11.8 Å². The lowest BCUT2D eigenvalue weighted by molar-refractivity contribution is -0.142. The maximum absolute atomic E-state index is 13.2. The van der Waals surface area contributed by atoms with Crippen LogP contribution in [-0.4, -0.2) is 38.8 Å². The first-order chi connectivity index (χ1) is 13.9. The van der Waals surface area contributed by atoms with Gasteiger partial charge in [-0.15, -0.1) is 0 Å². The number of carbonyl (C=O) groups is 2. The summed E-state index contributed by atoms with van der Waals surface area (Å²) in [5.41, 5.74) is 2.86. The van der Waals surface area contributed by atoms with Crippen molar-refractivity contribution in [3.05, 3.63) is 41.3 Å². The van der Waals surface area contributed by atoms with E-state index in [0.29, 0.717) is 18.2 Å². The van der Waals surface area contributed by atoms with Gasteiger partial charge in [0, 0.05) is 17.6 Å². The molecule has 154 valence electrons. The van der Waals surface area contributed by atoms with Crippen molar-refractivity contribution in [2.24, 2.45) is 5.92 Å². The van der Waals surface area contributed by atoms with Crippen molar-refractivity contribution in [2.75, 3.05) is 0 Å². The number of fused-ring (bicyclic) bond motifs is 1. The third-order valence-electron chi connectivity index (χ3n) is 6.16. The summed E-state index contributed by atoms with van der Waals surface area (Å²) in [5, 5.41) is 0. The number of aromatic nitrogens is 1. The van der Waals surface area contributed by atoms with E-state index in [1.165, 1.54) is 10.5 Å². The lowest BCUT2D eigenvalue weighted by Gasteiger charge is -2.47. The Morgan fingerprint density at radius 2 is 1.79 bits per heavy atom. The molecule has 1 aliphatic carbocycles. The summed E-state index contributed by atoms with van der Waals surface area (Å²) in [4.78, 5) is 34.2. The molecule has 1 aromatic heterocycles. The van der Waals surface area contributed by atoms with Gasteiger partial charge < -0.3 is 9.32 Å². The van der Waals surface area contributed by atoms with Crippen molar-refractivity contribution in [2.45, 2.75) is 72.0 Å². The standard InChI is InChI=1S/C23H29N3O3/c1-14(2)26-22(27)18-7-5-6-8-20(18)25(23(26)28)13-19-16(4)29-21(24-19)17-11-9-15(3)10-12-17/h9-12,14,18,20H,5-8,13H2,1-4H3. The Bertz CT molecular complexity index is 916. The van der Waals surface area contributed by atoms with E-state index >= 15 is 0 Å². The Kier molecular flexibility index (Phi) is 5.19. The number of carbonyl (C=O) groups excluding carboxylic acids is 2. The number of rotatable bonds is 4. The number of hydrogen-bond acceptors (Lipinski definition) is 4. The smallest absolute Gasteiger partial charge is 0.327 e. The summed E-state index contributed by atoms with van der Waals surface area (Å²) in [7, 11) is 0. The van der Waals surface area contributed by atoms with Crippen molar-refractivity contribution in [3.8, 4) is 11.5 Å². The van der Waals surface area contributed by atoms with Crippen LogP contribution in [-0.2, 0) is 11.3 Å². The van der Waals surface area contributed by atoms with Gasteiger partial charge in [-0.05, 0) is 52.7 Å². The highest BCUT2D eigenvalue weighted by molar-refractivity contribution is 5.99. The molecule has 1 saturated heterocycles. The normalized spacial score (nSPS) is 22.4. The first kappa shape index (κ1) is 19.7. The molecule has 6 nitrogen and oxygen atoms in total.